The van der Waals surface area contributed by atoms with Crippen LogP contribution in [0.15, 0.2) is 30.5 Å². The maximum absolute atomic E-state index is 5.72. The number of rotatable bonds is 3. The Morgan fingerprint density at radius 2 is 1.90 bits per heavy atom. The van der Waals surface area contributed by atoms with Gasteiger partial charge in [-0.1, -0.05) is 19.1 Å². The number of anilines is 1. The zero-order valence-electron chi connectivity index (χ0n) is 12.0. The molecule has 1 unspecified atom stereocenters. The number of aryl methyl sites for hydroxylation is 2. The van der Waals surface area contributed by atoms with Crippen molar-refractivity contribution in [3.05, 3.63) is 53.1 Å². The van der Waals surface area contributed by atoms with Gasteiger partial charge in [-0.15, -0.1) is 0 Å². The highest BCUT2D eigenvalue weighted by atomic mass is 14.9. The highest BCUT2D eigenvalue weighted by molar-refractivity contribution is 5.39. The first kappa shape index (κ1) is 13.1. The van der Waals surface area contributed by atoms with E-state index in [1.54, 1.807) is 0 Å². The minimum Gasteiger partial charge on any atom is -0.399 e. The summed E-state index contributed by atoms with van der Waals surface area (Å²) >= 11 is 0. The van der Waals surface area contributed by atoms with Crippen molar-refractivity contribution in [1.29, 1.82) is 0 Å². The van der Waals surface area contributed by atoms with E-state index in [-0.39, 0.29) is 0 Å². The third-order valence-electron chi connectivity index (χ3n) is 4.04. The molecule has 0 radical (unpaired) electrons. The molecule has 104 valence electrons. The fraction of sp³-hybridized carbons (Fsp3) is 0.412. The lowest BCUT2D eigenvalue weighted by Crippen LogP contribution is -2.11. The molecule has 1 aromatic carbocycles. The molecule has 3 nitrogen and oxygen atoms in total. The predicted molar refractivity (Wildman–Crippen MR) is 81.6 cm³/mol. The topological polar surface area (TPSA) is 51.8 Å². The molecule has 2 aromatic rings. The lowest BCUT2D eigenvalue weighted by atomic mass is 9.96. The van der Waals surface area contributed by atoms with Gasteiger partial charge in [-0.3, -0.25) is 0 Å². The fourth-order valence-corrected chi connectivity index (χ4v) is 2.83. The summed E-state index contributed by atoms with van der Waals surface area (Å²) in [6.45, 7) is 2.20. The molecule has 0 saturated carbocycles. The molecule has 2 N–H and O–H groups in total. The number of nitrogens with zero attached hydrogens (tertiary/aromatic N) is 2. The van der Waals surface area contributed by atoms with E-state index >= 15 is 0 Å². The molecule has 0 aliphatic heterocycles. The van der Waals surface area contributed by atoms with Gasteiger partial charge in [0.1, 0.15) is 5.82 Å². The maximum Gasteiger partial charge on any atom is 0.131 e. The Kier molecular flexibility index (Phi) is 3.68. The molecular formula is C17H21N3. The first-order valence-corrected chi connectivity index (χ1v) is 7.41. The molecule has 0 spiro atoms. The molecule has 20 heavy (non-hydrogen) atoms. The number of benzene rings is 1. The molecule has 1 heterocycles. The van der Waals surface area contributed by atoms with E-state index < -0.39 is 0 Å². The summed E-state index contributed by atoms with van der Waals surface area (Å²) < 4.78 is 0. The summed E-state index contributed by atoms with van der Waals surface area (Å²) in [6.07, 6.45) is 7.78. The van der Waals surface area contributed by atoms with Gasteiger partial charge in [0.05, 0.1) is 0 Å². The van der Waals surface area contributed by atoms with Crippen LogP contribution in [0, 0.1) is 0 Å². The standard InChI is InChI=1S/C17H21N3/c1-12(10-13-6-8-15(18)9-7-13)17-19-11-14-4-2-3-5-16(14)20-17/h6-9,11-12H,2-5,10,18H2,1H3. The summed E-state index contributed by atoms with van der Waals surface area (Å²) in [5.74, 6) is 1.31. The van der Waals surface area contributed by atoms with Crippen LogP contribution in [0.5, 0.6) is 0 Å². The van der Waals surface area contributed by atoms with Crippen molar-refractivity contribution in [2.75, 3.05) is 5.73 Å². The normalized spacial score (nSPS) is 15.7. The highest BCUT2D eigenvalue weighted by Gasteiger charge is 2.15. The Hall–Kier alpha value is -1.90. The van der Waals surface area contributed by atoms with Crippen LogP contribution in [0.3, 0.4) is 0 Å². The lowest BCUT2D eigenvalue weighted by Gasteiger charge is -2.17. The van der Waals surface area contributed by atoms with E-state index in [4.69, 9.17) is 10.7 Å². The van der Waals surface area contributed by atoms with Crippen LogP contribution in [0.25, 0.3) is 0 Å². The molecule has 1 atom stereocenters. The maximum atomic E-state index is 5.72. The lowest BCUT2D eigenvalue weighted by molar-refractivity contribution is 0.630. The van der Waals surface area contributed by atoms with E-state index in [0.29, 0.717) is 5.92 Å². The minimum atomic E-state index is 0.339. The fourth-order valence-electron chi connectivity index (χ4n) is 2.83. The van der Waals surface area contributed by atoms with Crippen LogP contribution in [0.2, 0.25) is 0 Å². The molecule has 3 heteroatoms. The number of fused-ring (bicyclic) bond motifs is 1. The number of nitrogens with two attached hydrogens (primary N) is 1. The predicted octanol–water partition coefficient (Wildman–Crippen LogP) is 3.28. The molecule has 1 aromatic heterocycles. The Morgan fingerprint density at radius 1 is 1.15 bits per heavy atom. The van der Waals surface area contributed by atoms with E-state index in [9.17, 15) is 0 Å². The third kappa shape index (κ3) is 2.82. The Balaban J connectivity index is 1.76. The SMILES string of the molecule is CC(Cc1ccc(N)cc1)c1ncc2c(n1)CCCC2. The minimum absolute atomic E-state index is 0.339. The molecule has 0 saturated heterocycles. The zero-order chi connectivity index (χ0) is 13.9. The van der Waals surface area contributed by atoms with Crippen molar-refractivity contribution in [1.82, 2.24) is 9.97 Å². The van der Waals surface area contributed by atoms with Gasteiger partial charge in [0.2, 0.25) is 0 Å². The summed E-state index contributed by atoms with van der Waals surface area (Å²) in [4.78, 5) is 9.36. The van der Waals surface area contributed by atoms with Crippen LogP contribution in [-0.4, -0.2) is 9.97 Å². The second-order valence-electron chi connectivity index (χ2n) is 5.75. The Bertz CT molecular complexity index is 590. The molecule has 1 aliphatic carbocycles. The van der Waals surface area contributed by atoms with Gasteiger partial charge in [0, 0.05) is 23.5 Å². The van der Waals surface area contributed by atoms with Crippen LogP contribution >= 0.6 is 0 Å². The largest absolute Gasteiger partial charge is 0.399 e. The molecule has 1 aliphatic rings. The monoisotopic (exact) mass is 267 g/mol. The number of nitrogen functional groups attached to an aromatic ring is 1. The van der Waals surface area contributed by atoms with E-state index in [0.717, 1.165) is 30.8 Å². The van der Waals surface area contributed by atoms with E-state index in [2.05, 4.69) is 24.0 Å². The average molecular weight is 267 g/mol. The van der Waals surface area contributed by atoms with Gasteiger partial charge >= 0.3 is 0 Å². The quantitative estimate of drug-likeness (QED) is 0.868. The van der Waals surface area contributed by atoms with Gasteiger partial charge in [-0.05, 0) is 55.4 Å². The zero-order valence-corrected chi connectivity index (χ0v) is 12.0. The van der Waals surface area contributed by atoms with Gasteiger partial charge in [0.25, 0.3) is 0 Å². The van der Waals surface area contributed by atoms with Gasteiger partial charge in [-0.25, -0.2) is 9.97 Å². The van der Waals surface area contributed by atoms with Gasteiger partial charge < -0.3 is 5.73 Å². The van der Waals surface area contributed by atoms with Crippen LogP contribution in [-0.2, 0) is 19.3 Å². The highest BCUT2D eigenvalue weighted by Crippen LogP contribution is 2.22. The first-order chi connectivity index (χ1) is 9.72. The van der Waals surface area contributed by atoms with Crippen molar-refractivity contribution in [3.63, 3.8) is 0 Å². The summed E-state index contributed by atoms with van der Waals surface area (Å²) in [6, 6.07) is 8.08. The van der Waals surface area contributed by atoms with Crippen LogP contribution < -0.4 is 5.73 Å². The number of aromatic nitrogens is 2. The summed E-state index contributed by atoms with van der Waals surface area (Å²) in [5.41, 5.74) is 10.4. The van der Waals surface area contributed by atoms with Crippen molar-refractivity contribution in [2.45, 2.75) is 44.9 Å². The third-order valence-corrected chi connectivity index (χ3v) is 4.04. The Morgan fingerprint density at radius 3 is 2.70 bits per heavy atom. The molecule has 0 amide bonds. The average Bonchev–Trinajstić information content (AvgIpc) is 2.49. The second kappa shape index (κ2) is 5.61. The molecule has 3 rings (SSSR count). The smallest absolute Gasteiger partial charge is 0.131 e. The van der Waals surface area contributed by atoms with Crippen LogP contribution in [0.1, 0.15) is 48.3 Å². The van der Waals surface area contributed by atoms with Crippen molar-refractivity contribution < 1.29 is 0 Å². The van der Waals surface area contributed by atoms with E-state index in [1.165, 1.54) is 29.7 Å². The van der Waals surface area contributed by atoms with E-state index in [1.807, 2.05) is 18.3 Å². The van der Waals surface area contributed by atoms with Gasteiger partial charge in [-0.2, -0.15) is 0 Å². The first-order valence-electron chi connectivity index (χ1n) is 7.41. The summed E-state index contributed by atoms with van der Waals surface area (Å²) in [7, 11) is 0. The second-order valence-corrected chi connectivity index (χ2v) is 5.75. The number of hydrogen-bond acceptors (Lipinski definition) is 3. The summed E-state index contributed by atoms with van der Waals surface area (Å²) in [5, 5.41) is 0. The van der Waals surface area contributed by atoms with Crippen molar-refractivity contribution in [2.24, 2.45) is 0 Å². The van der Waals surface area contributed by atoms with Crippen LogP contribution in [0.4, 0.5) is 5.69 Å². The van der Waals surface area contributed by atoms with Crippen molar-refractivity contribution >= 4 is 5.69 Å². The van der Waals surface area contributed by atoms with Gasteiger partial charge in [0.15, 0.2) is 0 Å². The molecule has 0 fully saturated rings. The number of hydrogen-bond donors (Lipinski definition) is 1. The Labute approximate surface area is 120 Å². The molecular weight excluding hydrogens is 246 g/mol. The molecule has 0 bridgehead atoms. The van der Waals surface area contributed by atoms with Crippen molar-refractivity contribution in [3.8, 4) is 0 Å².